The Labute approximate surface area is 264 Å². The molecule has 0 saturated carbocycles. The molecule has 2 aliphatic heterocycles. The molecule has 4 aromatic rings. The number of methoxy groups -OCH3 is 1. The van der Waals surface area contributed by atoms with E-state index in [4.69, 9.17) is 23.7 Å². The zero-order valence-corrected chi connectivity index (χ0v) is 27.0. The number of rotatable bonds is 12. The van der Waals surface area contributed by atoms with Crippen LogP contribution in [-0.4, -0.2) is 56.1 Å². The van der Waals surface area contributed by atoms with Crippen LogP contribution < -0.4 is 14.2 Å². The van der Waals surface area contributed by atoms with E-state index in [-0.39, 0.29) is 6.10 Å². The molecule has 7 nitrogen and oxygen atoms in total. The summed E-state index contributed by atoms with van der Waals surface area (Å²) in [6, 6.07) is 18.4. The molecule has 0 spiro atoms. The molecule has 3 aromatic carbocycles. The Morgan fingerprint density at radius 1 is 0.977 bits per heavy atom. The van der Waals surface area contributed by atoms with E-state index in [9.17, 15) is 5.11 Å². The van der Waals surface area contributed by atoms with Gasteiger partial charge in [-0.15, -0.1) is 11.3 Å². The van der Waals surface area contributed by atoms with Crippen molar-refractivity contribution in [3.63, 3.8) is 0 Å². The van der Waals surface area contributed by atoms with Gasteiger partial charge in [-0.3, -0.25) is 4.90 Å². The van der Waals surface area contributed by atoms with Crippen LogP contribution in [0.4, 0.5) is 0 Å². The normalized spacial score (nSPS) is 16.7. The van der Waals surface area contributed by atoms with Crippen molar-refractivity contribution in [2.75, 3.05) is 40.0 Å². The number of aliphatic hydroxyl groups is 1. The molecule has 3 heterocycles. The zero-order chi connectivity index (χ0) is 30.6. The average molecular weight is 618 g/mol. The lowest BCUT2D eigenvalue weighted by Crippen LogP contribution is -2.18. The van der Waals surface area contributed by atoms with Crippen molar-refractivity contribution in [2.45, 2.75) is 65.1 Å². The topological polar surface area (TPSA) is 69.6 Å². The number of hydrogen-bond donors (Lipinski definition) is 1. The van der Waals surface area contributed by atoms with Crippen molar-refractivity contribution in [2.24, 2.45) is 0 Å². The van der Waals surface area contributed by atoms with Crippen LogP contribution in [-0.2, 0) is 16.0 Å². The molecule has 6 rings (SSSR count). The largest absolute Gasteiger partial charge is 0.496 e. The summed E-state index contributed by atoms with van der Waals surface area (Å²) in [5, 5.41) is 13.1. The molecule has 2 fully saturated rings. The van der Waals surface area contributed by atoms with E-state index in [0.717, 1.165) is 86.1 Å². The molecule has 1 atom stereocenters. The van der Waals surface area contributed by atoms with Crippen LogP contribution in [0.5, 0.6) is 17.2 Å². The number of likely N-dealkylation sites (tertiary alicyclic amines) is 1. The van der Waals surface area contributed by atoms with Gasteiger partial charge in [0.15, 0.2) is 6.29 Å². The van der Waals surface area contributed by atoms with E-state index >= 15 is 0 Å². The Hall–Kier alpha value is -3.14. The molecular weight excluding hydrogens is 574 g/mol. The first-order chi connectivity index (χ1) is 21.4. The summed E-state index contributed by atoms with van der Waals surface area (Å²) in [7, 11) is 1.71. The first kappa shape index (κ1) is 30.9. The van der Waals surface area contributed by atoms with Gasteiger partial charge in [0.1, 0.15) is 23.4 Å². The molecule has 0 amide bonds. The Bertz CT molecular complexity index is 1570. The quantitative estimate of drug-likeness (QED) is 0.173. The standard InChI is InChI=1S/C36H43NO6S/c1-5-16-40-30-13-10-25(19-29(30)36-41-17-18-42-36)35-33(28-12-11-27(43-23(2)3)21-32(28)44-35)34(38)24-8-9-26(31(20-24)39-4)22-37-14-6-7-15-37/h8-13,19-21,23,34,36,38H,5-7,14-18,22H2,1-4H3. The molecule has 1 aromatic heterocycles. The lowest BCUT2D eigenvalue weighted by Gasteiger charge is -2.20. The van der Waals surface area contributed by atoms with E-state index in [1.54, 1.807) is 18.4 Å². The molecule has 0 radical (unpaired) electrons. The highest BCUT2D eigenvalue weighted by atomic mass is 32.1. The number of ether oxygens (including phenoxy) is 5. The second kappa shape index (κ2) is 13.9. The van der Waals surface area contributed by atoms with E-state index in [1.165, 1.54) is 12.8 Å². The van der Waals surface area contributed by atoms with Gasteiger partial charge in [-0.1, -0.05) is 19.1 Å². The van der Waals surface area contributed by atoms with Gasteiger partial charge in [-0.25, -0.2) is 0 Å². The van der Waals surface area contributed by atoms with Gasteiger partial charge < -0.3 is 28.8 Å². The lowest BCUT2D eigenvalue weighted by molar-refractivity contribution is -0.0457. The summed E-state index contributed by atoms with van der Waals surface area (Å²) in [5.74, 6) is 2.38. The molecule has 1 N–H and O–H groups in total. The number of benzene rings is 3. The highest BCUT2D eigenvalue weighted by molar-refractivity contribution is 7.22. The molecule has 234 valence electrons. The van der Waals surface area contributed by atoms with Crippen LogP contribution >= 0.6 is 11.3 Å². The summed E-state index contributed by atoms with van der Waals surface area (Å²) < 4.78 is 30.8. The Morgan fingerprint density at radius 2 is 1.77 bits per heavy atom. The maximum atomic E-state index is 12.1. The van der Waals surface area contributed by atoms with Crippen molar-refractivity contribution >= 4 is 21.4 Å². The van der Waals surface area contributed by atoms with Crippen LogP contribution in [0.1, 0.15) is 74.7 Å². The maximum Gasteiger partial charge on any atom is 0.187 e. The molecule has 44 heavy (non-hydrogen) atoms. The van der Waals surface area contributed by atoms with E-state index in [0.29, 0.717) is 19.8 Å². The second-order valence-corrected chi connectivity index (χ2v) is 12.9. The maximum absolute atomic E-state index is 12.1. The van der Waals surface area contributed by atoms with Gasteiger partial charge in [0.25, 0.3) is 0 Å². The SMILES string of the molecule is CCCOc1ccc(-c2sc3cc(OC(C)C)ccc3c2C(O)c2ccc(CN3CCCC3)c(OC)c2)cc1C1OCCO1. The first-order valence-corrected chi connectivity index (χ1v) is 16.6. The molecule has 8 heteroatoms. The van der Waals surface area contributed by atoms with Gasteiger partial charge in [0, 0.05) is 27.2 Å². The van der Waals surface area contributed by atoms with Crippen molar-refractivity contribution in [3.05, 3.63) is 76.9 Å². The smallest absolute Gasteiger partial charge is 0.187 e. The fourth-order valence-electron chi connectivity index (χ4n) is 6.09. The highest BCUT2D eigenvalue weighted by Gasteiger charge is 2.27. The molecule has 1 unspecified atom stereocenters. The number of fused-ring (bicyclic) bond motifs is 1. The first-order valence-electron chi connectivity index (χ1n) is 15.8. The fourth-order valence-corrected chi connectivity index (χ4v) is 7.35. The predicted octanol–water partition coefficient (Wildman–Crippen LogP) is 7.88. The monoisotopic (exact) mass is 617 g/mol. The van der Waals surface area contributed by atoms with Crippen LogP contribution in [0.15, 0.2) is 54.6 Å². The summed E-state index contributed by atoms with van der Waals surface area (Å²) in [5.41, 5.74) is 4.63. The fraction of sp³-hybridized carbons (Fsp3) is 0.444. The number of aliphatic hydroxyl groups excluding tert-OH is 1. The van der Waals surface area contributed by atoms with Crippen LogP contribution in [0.2, 0.25) is 0 Å². The Morgan fingerprint density at radius 3 is 2.50 bits per heavy atom. The van der Waals surface area contributed by atoms with Crippen molar-refractivity contribution in [3.8, 4) is 27.7 Å². The third-order valence-electron chi connectivity index (χ3n) is 8.17. The summed E-state index contributed by atoms with van der Waals surface area (Å²) in [4.78, 5) is 3.44. The molecule has 0 aliphatic carbocycles. The van der Waals surface area contributed by atoms with Gasteiger partial charge in [0.05, 0.1) is 38.6 Å². The minimum Gasteiger partial charge on any atom is -0.496 e. The van der Waals surface area contributed by atoms with Crippen LogP contribution in [0.25, 0.3) is 20.5 Å². The van der Waals surface area contributed by atoms with Crippen molar-refractivity contribution in [1.29, 1.82) is 0 Å². The van der Waals surface area contributed by atoms with Gasteiger partial charge in [0.2, 0.25) is 0 Å². The summed E-state index contributed by atoms with van der Waals surface area (Å²) in [6.45, 7) is 10.9. The molecular formula is C36H43NO6S. The third-order valence-corrected chi connectivity index (χ3v) is 9.39. The summed E-state index contributed by atoms with van der Waals surface area (Å²) in [6.07, 6.45) is 2.09. The number of thiophene rings is 1. The average Bonchev–Trinajstić information content (AvgIpc) is 3.81. The van der Waals surface area contributed by atoms with Gasteiger partial charge >= 0.3 is 0 Å². The minimum absolute atomic E-state index is 0.0631. The molecule has 2 aliphatic rings. The second-order valence-electron chi connectivity index (χ2n) is 11.8. The van der Waals surface area contributed by atoms with Crippen molar-refractivity contribution in [1.82, 2.24) is 4.90 Å². The number of hydrogen-bond acceptors (Lipinski definition) is 8. The van der Waals surface area contributed by atoms with Crippen LogP contribution in [0, 0.1) is 0 Å². The molecule has 0 bridgehead atoms. The van der Waals surface area contributed by atoms with Crippen molar-refractivity contribution < 1.29 is 28.8 Å². The number of nitrogens with zero attached hydrogens (tertiary/aromatic N) is 1. The van der Waals surface area contributed by atoms with Crippen LogP contribution in [0.3, 0.4) is 0 Å². The van der Waals surface area contributed by atoms with Gasteiger partial charge in [-0.05, 0) is 105 Å². The molecule has 2 saturated heterocycles. The van der Waals surface area contributed by atoms with E-state index in [2.05, 4.69) is 42.2 Å². The zero-order valence-electron chi connectivity index (χ0n) is 26.1. The van der Waals surface area contributed by atoms with Gasteiger partial charge in [-0.2, -0.15) is 0 Å². The predicted molar refractivity (Wildman–Crippen MR) is 175 cm³/mol. The third kappa shape index (κ3) is 6.60. The summed E-state index contributed by atoms with van der Waals surface area (Å²) >= 11 is 1.65. The highest BCUT2D eigenvalue weighted by Crippen LogP contribution is 2.47. The van der Waals surface area contributed by atoms with E-state index < -0.39 is 12.4 Å². The lowest BCUT2D eigenvalue weighted by atomic mass is 9.94. The minimum atomic E-state index is -0.871. The Balaban J connectivity index is 1.44. The Kier molecular flexibility index (Phi) is 9.74. The van der Waals surface area contributed by atoms with E-state index in [1.807, 2.05) is 38.1 Å².